The van der Waals surface area contributed by atoms with Gasteiger partial charge in [0.25, 0.3) is 5.91 Å². The van der Waals surface area contributed by atoms with Crippen LogP contribution in [-0.2, 0) is 10.0 Å². The Labute approximate surface area is 190 Å². The van der Waals surface area contributed by atoms with Gasteiger partial charge in [-0.1, -0.05) is 11.6 Å². The second-order valence-electron chi connectivity index (χ2n) is 7.65. The van der Waals surface area contributed by atoms with Crippen molar-refractivity contribution in [3.05, 3.63) is 53.2 Å². The monoisotopic (exact) mass is 476 g/mol. The molecular weight excluding hydrogens is 456 g/mol. The fourth-order valence-electron chi connectivity index (χ4n) is 3.86. The van der Waals surface area contributed by atoms with Crippen LogP contribution in [0.2, 0.25) is 5.02 Å². The van der Waals surface area contributed by atoms with Crippen LogP contribution in [0.4, 0.5) is 0 Å². The molecular formula is C22H21ClN2O6S. The molecule has 3 aromatic rings. The van der Waals surface area contributed by atoms with Crippen molar-refractivity contribution in [2.24, 2.45) is 0 Å². The molecule has 0 N–H and O–H groups in total. The molecule has 0 spiro atoms. The number of carbonyl (C=O) groups excluding carboxylic acids is 1. The number of piperazine rings is 1. The molecule has 10 heteroatoms. The third kappa shape index (κ3) is 3.92. The van der Waals surface area contributed by atoms with Gasteiger partial charge in [0, 0.05) is 49.1 Å². The van der Waals surface area contributed by atoms with Crippen LogP contribution in [0.25, 0.3) is 11.0 Å². The van der Waals surface area contributed by atoms with E-state index in [1.807, 2.05) is 0 Å². The summed E-state index contributed by atoms with van der Waals surface area (Å²) in [5.41, 5.74) is 0.577. The van der Waals surface area contributed by atoms with Crippen molar-refractivity contribution in [1.82, 2.24) is 9.21 Å². The van der Waals surface area contributed by atoms with Crippen molar-refractivity contribution in [2.75, 3.05) is 39.4 Å². The summed E-state index contributed by atoms with van der Waals surface area (Å²) >= 11 is 6.00. The Morgan fingerprint density at radius 2 is 1.66 bits per heavy atom. The van der Waals surface area contributed by atoms with Crippen molar-refractivity contribution in [3.63, 3.8) is 0 Å². The zero-order valence-corrected chi connectivity index (χ0v) is 18.7. The molecule has 1 amide bonds. The number of hydrogen-bond acceptors (Lipinski definition) is 6. The van der Waals surface area contributed by atoms with Gasteiger partial charge in [-0.3, -0.25) is 4.79 Å². The molecule has 3 heterocycles. The summed E-state index contributed by atoms with van der Waals surface area (Å²) in [7, 11) is -3.72. The van der Waals surface area contributed by atoms with E-state index in [1.165, 1.54) is 16.4 Å². The Morgan fingerprint density at radius 3 is 2.44 bits per heavy atom. The van der Waals surface area contributed by atoms with Crippen LogP contribution >= 0.6 is 11.6 Å². The Hall–Kier alpha value is -2.75. The minimum atomic E-state index is -3.72. The van der Waals surface area contributed by atoms with Crippen LogP contribution in [0.5, 0.6) is 11.5 Å². The summed E-state index contributed by atoms with van der Waals surface area (Å²) in [4.78, 5) is 14.6. The molecule has 32 heavy (non-hydrogen) atoms. The molecule has 0 aliphatic carbocycles. The van der Waals surface area contributed by atoms with Gasteiger partial charge < -0.3 is 18.8 Å². The number of hydrogen-bond donors (Lipinski definition) is 0. The molecule has 2 aliphatic heterocycles. The minimum Gasteiger partial charge on any atom is -0.490 e. The highest BCUT2D eigenvalue weighted by molar-refractivity contribution is 7.89. The molecule has 8 nitrogen and oxygen atoms in total. The predicted octanol–water partition coefficient (Wildman–Crippen LogP) is 3.39. The van der Waals surface area contributed by atoms with Crippen LogP contribution in [-0.4, -0.2) is 62.9 Å². The predicted molar refractivity (Wildman–Crippen MR) is 118 cm³/mol. The van der Waals surface area contributed by atoms with Crippen LogP contribution in [0.15, 0.2) is 51.8 Å². The molecule has 2 aromatic carbocycles. The van der Waals surface area contributed by atoms with Crippen LogP contribution in [0.1, 0.15) is 17.0 Å². The van der Waals surface area contributed by atoms with Gasteiger partial charge in [-0.05, 0) is 36.4 Å². The van der Waals surface area contributed by atoms with Crippen molar-refractivity contribution < 1.29 is 27.1 Å². The number of nitrogens with zero attached hydrogens (tertiary/aromatic N) is 2. The maximum atomic E-state index is 13.1. The number of carbonyl (C=O) groups is 1. The molecule has 0 atom stereocenters. The number of fused-ring (bicyclic) bond motifs is 2. The summed E-state index contributed by atoms with van der Waals surface area (Å²) in [6, 6.07) is 11.5. The minimum absolute atomic E-state index is 0.149. The number of rotatable bonds is 3. The largest absolute Gasteiger partial charge is 0.490 e. The normalized spacial score (nSPS) is 17.3. The number of benzene rings is 2. The van der Waals surface area contributed by atoms with E-state index in [-0.39, 0.29) is 42.7 Å². The van der Waals surface area contributed by atoms with Crippen LogP contribution < -0.4 is 9.47 Å². The molecule has 5 rings (SSSR count). The van der Waals surface area contributed by atoms with Crippen molar-refractivity contribution in [1.29, 1.82) is 0 Å². The molecule has 1 aromatic heterocycles. The fraction of sp³-hybridized carbons (Fsp3) is 0.318. The maximum absolute atomic E-state index is 13.1. The lowest BCUT2D eigenvalue weighted by Gasteiger charge is -2.33. The molecule has 168 valence electrons. The standard InChI is InChI=1S/C22H21ClN2O6S/c23-16-2-4-18-15(12-16)13-21(31-18)22(26)24-6-8-25(9-7-24)32(27,28)17-3-5-19-20(14-17)30-11-1-10-29-19/h2-5,12-14H,1,6-11H2. The number of amides is 1. The zero-order valence-electron chi connectivity index (χ0n) is 17.1. The summed E-state index contributed by atoms with van der Waals surface area (Å²) in [5, 5.41) is 1.31. The Kier molecular flexibility index (Phi) is 5.48. The second-order valence-corrected chi connectivity index (χ2v) is 10.0. The van der Waals surface area contributed by atoms with Gasteiger partial charge in [-0.2, -0.15) is 4.31 Å². The first-order valence-corrected chi connectivity index (χ1v) is 12.1. The first-order valence-electron chi connectivity index (χ1n) is 10.3. The number of furan rings is 1. The SMILES string of the molecule is O=C(c1cc2cc(Cl)ccc2o1)N1CCN(S(=O)(=O)c2ccc3c(c2)OCCCO3)CC1. The zero-order chi connectivity index (χ0) is 22.3. The lowest BCUT2D eigenvalue weighted by molar-refractivity contribution is 0.0668. The molecule has 1 fully saturated rings. The summed E-state index contributed by atoms with van der Waals surface area (Å²) in [5.74, 6) is 0.915. The molecule has 0 radical (unpaired) electrons. The average Bonchev–Trinajstić information content (AvgIpc) is 3.07. The first kappa shape index (κ1) is 21.1. The highest BCUT2D eigenvalue weighted by Gasteiger charge is 2.32. The van der Waals surface area contributed by atoms with Gasteiger partial charge in [0.05, 0.1) is 18.1 Å². The Balaban J connectivity index is 1.29. The fourth-order valence-corrected chi connectivity index (χ4v) is 5.48. The quantitative estimate of drug-likeness (QED) is 0.575. The second kappa shape index (κ2) is 8.31. The maximum Gasteiger partial charge on any atom is 0.289 e. The summed E-state index contributed by atoms with van der Waals surface area (Å²) in [6.07, 6.45) is 0.741. The lowest BCUT2D eigenvalue weighted by Crippen LogP contribution is -2.50. The molecule has 0 saturated carbocycles. The Bertz CT molecular complexity index is 1280. The van der Waals surface area contributed by atoms with Crippen LogP contribution in [0, 0.1) is 0 Å². The third-order valence-corrected chi connectivity index (χ3v) is 7.70. The van der Waals surface area contributed by atoms with Crippen molar-refractivity contribution in [2.45, 2.75) is 11.3 Å². The van der Waals surface area contributed by atoms with Gasteiger partial charge in [-0.25, -0.2) is 8.42 Å². The molecule has 2 aliphatic rings. The summed E-state index contributed by atoms with van der Waals surface area (Å²) < 4.78 is 44.5. The number of ether oxygens (including phenoxy) is 2. The van der Waals surface area contributed by atoms with Gasteiger partial charge in [0.2, 0.25) is 10.0 Å². The van der Waals surface area contributed by atoms with E-state index in [1.54, 1.807) is 35.2 Å². The van der Waals surface area contributed by atoms with Crippen LogP contribution in [0.3, 0.4) is 0 Å². The third-order valence-electron chi connectivity index (χ3n) is 5.57. The van der Waals surface area contributed by atoms with Crippen molar-refractivity contribution >= 4 is 38.5 Å². The van der Waals surface area contributed by atoms with Crippen molar-refractivity contribution in [3.8, 4) is 11.5 Å². The first-order chi connectivity index (χ1) is 15.4. The van der Waals surface area contributed by atoms with E-state index in [2.05, 4.69) is 0 Å². The van der Waals surface area contributed by atoms with E-state index >= 15 is 0 Å². The molecule has 0 unspecified atom stereocenters. The topological polar surface area (TPSA) is 89.3 Å². The van der Waals surface area contributed by atoms with E-state index in [9.17, 15) is 13.2 Å². The highest BCUT2D eigenvalue weighted by atomic mass is 35.5. The molecule has 1 saturated heterocycles. The average molecular weight is 477 g/mol. The van der Waals surface area contributed by atoms with Gasteiger partial charge in [-0.15, -0.1) is 0 Å². The molecule has 0 bridgehead atoms. The Morgan fingerprint density at radius 1 is 0.906 bits per heavy atom. The summed E-state index contributed by atoms with van der Waals surface area (Å²) in [6.45, 7) is 1.92. The number of sulfonamides is 1. The highest BCUT2D eigenvalue weighted by Crippen LogP contribution is 2.33. The lowest BCUT2D eigenvalue weighted by atomic mass is 10.2. The van der Waals surface area contributed by atoms with E-state index in [4.69, 9.17) is 25.5 Å². The van der Waals surface area contributed by atoms with E-state index in [0.717, 1.165) is 11.8 Å². The van der Waals surface area contributed by atoms with Gasteiger partial charge >= 0.3 is 0 Å². The van der Waals surface area contributed by atoms with Gasteiger partial charge in [0.15, 0.2) is 17.3 Å². The van der Waals surface area contributed by atoms with Gasteiger partial charge in [0.1, 0.15) is 5.58 Å². The van der Waals surface area contributed by atoms with E-state index < -0.39 is 10.0 Å². The number of halogens is 1. The van der Waals surface area contributed by atoms with E-state index in [0.29, 0.717) is 35.3 Å². The smallest absolute Gasteiger partial charge is 0.289 e.